The average Bonchev–Trinajstić information content (AvgIpc) is 2.67. The Hall–Kier alpha value is -3.05. The number of ether oxygens (including phenoxy) is 1. The van der Waals surface area contributed by atoms with Gasteiger partial charge in [-0.3, -0.25) is 10.1 Å². The van der Waals surface area contributed by atoms with E-state index in [0.29, 0.717) is 17.3 Å². The molecule has 0 unspecified atom stereocenters. The first-order chi connectivity index (χ1) is 12.9. The van der Waals surface area contributed by atoms with Gasteiger partial charge in [-0.15, -0.1) is 0 Å². The number of phenols is 2. The zero-order valence-corrected chi connectivity index (χ0v) is 15.2. The quantitative estimate of drug-likeness (QED) is 0.617. The Morgan fingerprint density at radius 1 is 0.963 bits per heavy atom. The van der Waals surface area contributed by atoms with Gasteiger partial charge in [0.1, 0.15) is 11.8 Å². The van der Waals surface area contributed by atoms with Crippen LogP contribution in [-0.4, -0.2) is 21.6 Å². The van der Waals surface area contributed by atoms with E-state index in [9.17, 15) is 15.0 Å². The molecule has 3 N–H and O–H groups in total. The topological polar surface area (TPSA) is 78.8 Å². The molecule has 0 radical (unpaired) electrons. The Labute approximate surface area is 157 Å². The van der Waals surface area contributed by atoms with Crippen LogP contribution in [0.1, 0.15) is 31.0 Å². The fourth-order valence-electron chi connectivity index (χ4n) is 3.56. The van der Waals surface area contributed by atoms with Crippen molar-refractivity contribution in [2.45, 2.75) is 32.0 Å². The number of carbonyl (C=O) groups excluding carboxylic acids is 1. The number of Topliss-reactive ketones (excluding diaryl/α,β-unsaturated/α-hetero) is 1. The molecule has 0 bridgehead atoms. The van der Waals surface area contributed by atoms with Crippen molar-refractivity contribution in [2.75, 3.05) is 0 Å². The minimum Gasteiger partial charge on any atom is -0.507 e. The minimum atomic E-state index is -1.13. The maximum absolute atomic E-state index is 13.1. The molecule has 5 nitrogen and oxygen atoms in total. The number of ketones is 1. The van der Waals surface area contributed by atoms with Crippen LogP contribution in [0.5, 0.6) is 17.2 Å². The normalized spacial score (nSPS) is 18.1. The van der Waals surface area contributed by atoms with Gasteiger partial charge in [0.2, 0.25) is 0 Å². The number of hydrogen-bond acceptors (Lipinski definition) is 5. The lowest BCUT2D eigenvalue weighted by Gasteiger charge is -2.37. The molecule has 0 spiro atoms. The Bertz CT molecular complexity index is 1030. The van der Waals surface area contributed by atoms with E-state index >= 15 is 0 Å². The van der Waals surface area contributed by atoms with Gasteiger partial charge < -0.3 is 14.9 Å². The van der Waals surface area contributed by atoms with Gasteiger partial charge in [-0.05, 0) is 19.4 Å². The minimum absolute atomic E-state index is 0.0483. The largest absolute Gasteiger partial charge is 0.507 e. The van der Waals surface area contributed by atoms with Crippen LogP contribution in [0.2, 0.25) is 0 Å². The number of aromatic hydroxyl groups is 2. The number of phenolic OH excluding ortho intramolecular Hbond substituents is 2. The highest BCUT2D eigenvalue weighted by Crippen LogP contribution is 2.51. The molecule has 0 saturated carbocycles. The molecule has 1 heterocycles. The predicted molar refractivity (Wildman–Crippen MR) is 103 cm³/mol. The lowest BCUT2D eigenvalue weighted by atomic mass is 9.85. The van der Waals surface area contributed by atoms with Crippen LogP contribution >= 0.6 is 0 Å². The summed E-state index contributed by atoms with van der Waals surface area (Å²) in [7, 11) is 0. The van der Waals surface area contributed by atoms with Gasteiger partial charge in [0.25, 0.3) is 0 Å². The predicted octanol–water partition coefficient (Wildman–Crippen LogP) is 3.82. The zero-order chi connectivity index (χ0) is 19.2. The van der Waals surface area contributed by atoms with Gasteiger partial charge in [-0.25, -0.2) is 0 Å². The second-order valence-corrected chi connectivity index (χ2v) is 7.26. The van der Waals surface area contributed by atoms with Crippen molar-refractivity contribution in [1.82, 2.24) is 5.32 Å². The van der Waals surface area contributed by atoms with Crippen molar-refractivity contribution in [3.63, 3.8) is 0 Å². The average molecular weight is 363 g/mol. The van der Waals surface area contributed by atoms with Gasteiger partial charge >= 0.3 is 0 Å². The number of carbonyl (C=O) groups is 1. The summed E-state index contributed by atoms with van der Waals surface area (Å²) in [5.41, 5.74) is 0.167. The summed E-state index contributed by atoms with van der Waals surface area (Å²) in [6.45, 7) is 3.78. The third-order valence-electron chi connectivity index (χ3n) is 5.01. The van der Waals surface area contributed by atoms with Crippen LogP contribution < -0.4 is 10.1 Å². The molecular formula is C22H21NO4. The number of rotatable bonds is 3. The second-order valence-electron chi connectivity index (χ2n) is 7.26. The number of benzene rings is 3. The SMILES string of the molecule is CC1(C)Oc2c(c(O)c3ccccc3c2O)[C@H](NCc2ccccc2)C1=O. The van der Waals surface area contributed by atoms with Crippen LogP contribution in [0.15, 0.2) is 54.6 Å². The molecule has 4 rings (SSSR count). The molecule has 0 aromatic heterocycles. The Morgan fingerprint density at radius 3 is 2.22 bits per heavy atom. The van der Waals surface area contributed by atoms with Gasteiger partial charge in [-0.1, -0.05) is 54.6 Å². The Morgan fingerprint density at radius 2 is 1.56 bits per heavy atom. The number of hydrogen-bond donors (Lipinski definition) is 3. The fraction of sp³-hybridized carbons (Fsp3) is 0.227. The monoisotopic (exact) mass is 363 g/mol. The van der Waals surface area contributed by atoms with Crippen molar-refractivity contribution >= 4 is 16.6 Å². The molecule has 5 heteroatoms. The Kier molecular flexibility index (Phi) is 4.04. The van der Waals surface area contributed by atoms with E-state index < -0.39 is 11.6 Å². The van der Waals surface area contributed by atoms with Crippen molar-refractivity contribution in [3.8, 4) is 17.2 Å². The number of nitrogens with one attached hydrogen (secondary N) is 1. The van der Waals surface area contributed by atoms with Crippen molar-refractivity contribution in [3.05, 3.63) is 65.7 Å². The molecule has 0 aliphatic carbocycles. The highest BCUT2D eigenvalue weighted by molar-refractivity contribution is 6.02. The first kappa shape index (κ1) is 17.4. The van der Waals surface area contributed by atoms with Crippen molar-refractivity contribution < 1.29 is 19.7 Å². The van der Waals surface area contributed by atoms with E-state index in [1.807, 2.05) is 30.3 Å². The summed E-state index contributed by atoms with van der Waals surface area (Å²) in [5, 5.41) is 25.9. The number of fused-ring (bicyclic) bond motifs is 2. The molecule has 138 valence electrons. The van der Waals surface area contributed by atoms with E-state index in [1.165, 1.54) is 0 Å². The molecular weight excluding hydrogens is 342 g/mol. The molecule has 0 amide bonds. The highest BCUT2D eigenvalue weighted by atomic mass is 16.5. The van der Waals surface area contributed by atoms with E-state index in [0.717, 1.165) is 5.56 Å². The smallest absolute Gasteiger partial charge is 0.197 e. The summed E-state index contributed by atoms with van der Waals surface area (Å²) < 4.78 is 5.83. The third-order valence-corrected chi connectivity index (χ3v) is 5.01. The molecule has 0 saturated heterocycles. The van der Waals surface area contributed by atoms with Crippen molar-refractivity contribution in [1.29, 1.82) is 0 Å². The molecule has 0 fully saturated rings. The summed E-state index contributed by atoms with van der Waals surface area (Å²) in [6, 6.07) is 15.9. The van der Waals surface area contributed by atoms with E-state index in [-0.39, 0.29) is 28.6 Å². The molecule has 1 aliphatic heterocycles. The fourth-order valence-corrected chi connectivity index (χ4v) is 3.56. The summed E-state index contributed by atoms with van der Waals surface area (Å²) >= 11 is 0. The maximum Gasteiger partial charge on any atom is 0.197 e. The van der Waals surface area contributed by atoms with Crippen LogP contribution in [0.4, 0.5) is 0 Å². The van der Waals surface area contributed by atoms with Gasteiger partial charge in [0, 0.05) is 17.3 Å². The van der Waals surface area contributed by atoms with E-state index in [4.69, 9.17) is 4.74 Å². The van der Waals surface area contributed by atoms with Gasteiger partial charge in [0.05, 0.1) is 5.56 Å². The zero-order valence-electron chi connectivity index (χ0n) is 15.2. The standard InChI is InChI=1S/C22H21NO4/c1-22(2)21(26)17(23-12-13-8-4-3-5-9-13)16-18(24)14-10-6-7-11-15(14)19(25)20(16)27-22/h3-11,17,23-25H,12H2,1-2H3/t17-/m0/s1. The summed E-state index contributed by atoms with van der Waals surface area (Å²) in [4.78, 5) is 13.1. The molecule has 1 atom stereocenters. The van der Waals surface area contributed by atoms with Gasteiger partial charge in [0.15, 0.2) is 22.9 Å². The van der Waals surface area contributed by atoms with E-state index in [1.54, 1.807) is 38.1 Å². The molecule has 3 aromatic rings. The maximum atomic E-state index is 13.1. The van der Waals surface area contributed by atoms with Crippen LogP contribution in [-0.2, 0) is 11.3 Å². The van der Waals surface area contributed by atoms with Gasteiger partial charge in [-0.2, -0.15) is 0 Å². The van der Waals surface area contributed by atoms with E-state index in [2.05, 4.69) is 5.32 Å². The van der Waals surface area contributed by atoms with Crippen LogP contribution in [0.25, 0.3) is 10.8 Å². The molecule has 27 heavy (non-hydrogen) atoms. The lowest BCUT2D eigenvalue weighted by Crippen LogP contribution is -2.49. The first-order valence-corrected chi connectivity index (χ1v) is 8.87. The lowest BCUT2D eigenvalue weighted by molar-refractivity contribution is -0.136. The third kappa shape index (κ3) is 2.80. The molecule has 3 aromatic carbocycles. The first-order valence-electron chi connectivity index (χ1n) is 8.87. The summed E-state index contributed by atoms with van der Waals surface area (Å²) in [6.07, 6.45) is 0. The highest BCUT2D eigenvalue weighted by Gasteiger charge is 2.45. The molecule has 1 aliphatic rings. The Balaban J connectivity index is 1.86. The van der Waals surface area contributed by atoms with Crippen LogP contribution in [0.3, 0.4) is 0 Å². The second kappa shape index (κ2) is 6.28. The van der Waals surface area contributed by atoms with Crippen molar-refractivity contribution in [2.24, 2.45) is 0 Å². The summed E-state index contributed by atoms with van der Waals surface area (Å²) in [5.74, 6) is -0.157. The van der Waals surface area contributed by atoms with Crippen LogP contribution in [0, 0.1) is 0 Å².